The van der Waals surface area contributed by atoms with Gasteiger partial charge in [0.1, 0.15) is 5.82 Å². The number of aromatic nitrogens is 3. The zero-order chi connectivity index (χ0) is 13.8. The summed E-state index contributed by atoms with van der Waals surface area (Å²) in [6, 6.07) is 5.82. The van der Waals surface area contributed by atoms with E-state index in [2.05, 4.69) is 19.9 Å². The molecule has 1 saturated heterocycles. The van der Waals surface area contributed by atoms with Gasteiger partial charge in [0.25, 0.3) is 0 Å². The molecule has 2 aromatic heterocycles. The largest absolute Gasteiger partial charge is 0.389 e. The van der Waals surface area contributed by atoms with Crippen LogP contribution >= 0.6 is 0 Å². The van der Waals surface area contributed by atoms with Crippen LogP contribution in [0.5, 0.6) is 0 Å². The van der Waals surface area contributed by atoms with Gasteiger partial charge in [0.05, 0.1) is 11.8 Å². The Balaban J connectivity index is 1.63. The standard InChI is InChI=1S/C15H18N4O/c20-15(11-13-3-1-2-6-17-13)4-9-19(10-5-15)14-12-16-7-8-18-14/h1-3,6-8,12,20H,4-5,9-11H2. The van der Waals surface area contributed by atoms with Crippen molar-refractivity contribution in [2.45, 2.75) is 24.9 Å². The van der Waals surface area contributed by atoms with Crippen LogP contribution in [-0.2, 0) is 6.42 Å². The lowest BCUT2D eigenvalue weighted by molar-refractivity contribution is 0.0155. The molecule has 1 aliphatic heterocycles. The maximum atomic E-state index is 10.7. The highest BCUT2D eigenvalue weighted by Crippen LogP contribution is 2.27. The molecule has 0 unspecified atom stereocenters. The minimum absolute atomic E-state index is 0.613. The molecule has 1 fully saturated rings. The van der Waals surface area contributed by atoms with Crippen LogP contribution in [0.4, 0.5) is 5.82 Å². The number of piperidine rings is 1. The number of aliphatic hydroxyl groups is 1. The summed E-state index contributed by atoms with van der Waals surface area (Å²) in [5, 5.41) is 10.7. The summed E-state index contributed by atoms with van der Waals surface area (Å²) in [4.78, 5) is 14.9. The zero-order valence-corrected chi connectivity index (χ0v) is 11.3. The summed E-state index contributed by atoms with van der Waals surface area (Å²) >= 11 is 0. The van der Waals surface area contributed by atoms with Gasteiger partial charge in [-0.15, -0.1) is 0 Å². The van der Waals surface area contributed by atoms with E-state index in [0.717, 1.165) is 37.4 Å². The van der Waals surface area contributed by atoms with Gasteiger partial charge in [-0.3, -0.25) is 9.97 Å². The Morgan fingerprint density at radius 3 is 2.60 bits per heavy atom. The van der Waals surface area contributed by atoms with Gasteiger partial charge in [-0.25, -0.2) is 4.98 Å². The third-order valence-electron chi connectivity index (χ3n) is 3.80. The molecule has 0 aromatic carbocycles. The van der Waals surface area contributed by atoms with Crippen LogP contribution < -0.4 is 4.90 Å². The molecule has 3 heterocycles. The molecule has 0 bridgehead atoms. The maximum absolute atomic E-state index is 10.7. The topological polar surface area (TPSA) is 62.1 Å². The fraction of sp³-hybridized carbons (Fsp3) is 0.400. The minimum Gasteiger partial charge on any atom is -0.389 e. The molecule has 0 radical (unpaired) electrons. The van der Waals surface area contributed by atoms with Crippen LogP contribution in [0.3, 0.4) is 0 Å². The van der Waals surface area contributed by atoms with E-state index >= 15 is 0 Å². The van der Waals surface area contributed by atoms with Crippen molar-refractivity contribution in [2.24, 2.45) is 0 Å². The van der Waals surface area contributed by atoms with Crippen molar-refractivity contribution in [1.29, 1.82) is 0 Å². The Labute approximate surface area is 118 Å². The third kappa shape index (κ3) is 2.93. The molecule has 0 spiro atoms. The van der Waals surface area contributed by atoms with Gasteiger partial charge in [-0.2, -0.15) is 0 Å². The highest BCUT2D eigenvalue weighted by atomic mass is 16.3. The molecule has 104 valence electrons. The first-order valence-electron chi connectivity index (χ1n) is 6.88. The van der Waals surface area contributed by atoms with E-state index in [0.29, 0.717) is 6.42 Å². The van der Waals surface area contributed by atoms with Crippen molar-refractivity contribution in [2.75, 3.05) is 18.0 Å². The second kappa shape index (κ2) is 5.54. The summed E-state index contributed by atoms with van der Waals surface area (Å²) in [5.74, 6) is 0.882. The molecular weight excluding hydrogens is 252 g/mol. The number of pyridine rings is 1. The summed E-state index contributed by atoms with van der Waals surface area (Å²) in [6.07, 6.45) is 8.97. The van der Waals surface area contributed by atoms with Gasteiger partial charge in [-0.05, 0) is 25.0 Å². The summed E-state index contributed by atoms with van der Waals surface area (Å²) in [7, 11) is 0. The Hall–Kier alpha value is -2.01. The highest BCUT2D eigenvalue weighted by molar-refractivity contribution is 5.36. The van der Waals surface area contributed by atoms with Gasteiger partial charge >= 0.3 is 0 Å². The van der Waals surface area contributed by atoms with E-state index in [-0.39, 0.29) is 0 Å². The van der Waals surface area contributed by atoms with E-state index in [1.165, 1.54) is 0 Å². The van der Waals surface area contributed by atoms with Crippen LogP contribution in [0.25, 0.3) is 0 Å². The molecule has 3 rings (SSSR count). The van der Waals surface area contributed by atoms with E-state index in [4.69, 9.17) is 0 Å². The first-order valence-corrected chi connectivity index (χ1v) is 6.88. The number of nitrogens with zero attached hydrogens (tertiary/aromatic N) is 4. The predicted molar refractivity (Wildman–Crippen MR) is 76.4 cm³/mol. The maximum Gasteiger partial charge on any atom is 0.147 e. The van der Waals surface area contributed by atoms with Crippen molar-refractivity contribution in [3.63, 3.8) is 0 Å². The Morgan fingerprint density at radius 2 is 1.95 bits per heavy atom. The number of anilines is 1. The second-order valence-electron chi connectivity index (χ2n) is 5.27. The van der Waals surface area contributed by atoms with E-state index in [1.807, 2.05) is 18.2 Å². The van der Waals surface area contributed by atoms with Crippen LogP contribution in [0, 0.1) is 0 Å². The van der Waals surface area contributed by atoms with Crippen LogP contribution in [-0.4, -0.2) is 38.7 Å². The quantitative estimate of drug-likeness (QED) is 0.914. The molecule has 0 saturated carbocycles. The minimum atomic E-state index is -0.660. The fourth-order valence-electron chi connectivity index (χ4n) is 2.62. The first kappa shape index (κ1) is 13.0. The van der Waals surface area contributed by atoms with Crippen molar-refractivity contribution in [1.82, 2.24) is 15.0 Å². The van der Waals surface area contributed by atoms with Crippen molar-refractivity contribution >= 4 is 5.82 Å². The van der Waals surface area contributed by atoms with Crippen molar-refractivity contribution < 1.29 is 5.11 Å². The average Bonchev–Trinajstić information content (AvgIpc) is 2.50. The first-order chi connectivity index (χ1) is 9.75. The fourth-order valence-corrected chi connectivity index (χ4v) is 2.62. The lowest BCUT2D eigenvalue weighted by atomic mass is 9.87. The smallest absolute Gasteiger partial charge is 0.147 e. The molecule has 2 aromatic rings. The van der Waals surface area contributed by atoms with Gasteiger partial charge in [-0.1, -0.05) is 6.07 Å². The molecule has 0 amide bonds. The number of rotatable bonds is 3. The summed E-state index contributed by atoms with van der Waals surface area (Å²) in [6.45, 7) is 1.59. The van der Waals surface area contributed by atoms with Crippen molar-refractivity contribution in [3.8, 4) is 0 Å². The van der Waals surface area contributed by atoms with E-state index in [1.54, 1.807) is 24.8 Å². The average molecular weight is 270 g/mol. The van der Waals surface area contributed by atoms with E-state index < -0.39 is 5.60 Å². The molecule has 5 heteroatoms. The normalized spacial score (nSPS) is 17.9. The Bertz CT molecular complexity index is 538. The van der Waals surface area contributed by atoms with Gasteiger partial charge < -0.3 is 10.0 Å². The monoisotopic (exact) mass is 270 g/mol. The van der Waals surface area contributed by atoms with Gasteiger partial charge in [0, 0.05) is 43.8 Å². The number of hydrogen-bond donors (Lipinski definition) is 1. The summed E-state index contributed by atoms with van der Waals surface area (Å²) in [5.41, 5.74) is 0.288. The second-order valence-corrected chi connectivity index (χ2v) is 5.27. The molecule has 5 nitrogen and oxygen atoms in total. The molecule has 20 heavy (non-hydrogen) atoms. The zero-order valence-electron chi connectivity index (χ0n) is 11.3. The van der Waals surface area contributed by atoms with Gasteiger partial charge in [0.15, 0.2) is 0 Å². The van der Waals surface area contributed by atoms with Gasteiger partial charge in [0.2, 0.25) is 0 Å². The lowest BCUT2D eigenvalue weighted by Crippen LogP contribution is -2.46. The Morgan fingerprint density at radius 1 is 1.10 bits per heavy atom. The van der Waals surface area contributed by atoms with Crippen LogP contribution in [0.1, 0.15) is 18.5 Å². The molecule has 0 atom stereocenters. The third-order valence-corrected chi connectivity index (χ3v) is 3.80. The SMILES string of the molecule is OC1(Cc2ccccn2)CCN(c2cnccn2)CC1. The molecule has 1 aliphatic rings. The van der Waals surface area contributed by atoms with Crippen molar-refractivity contribution in [3.05, 3.63) is 48.7 Å². The van der Waals surface area contributed by atoms with E-state index in [9.17, 15) is 5.11 Å². The Kier molecular flexibility index (Phi) is 3.60. The lowest BCUT2D eigenvalue weighted by Gasteiger charge is -2.38. The van der Waals surface area contributed by atoms with Crippen LogP contribution in [0.2, 0.25) is 0 Å². The summed E-state index contributed by atoms with van der Waals surface area (Å²) < 4.78 is 0. The molecule has 1 N–H and O–H groups in total. The van der Waals surface area contributed by atoms with Crippen LogP contribution in [0.15, 0.2) is 43.0 Å². The number of hydrogen-bond acceptors (Lipinski definition) is 5. The highest BCUT2D eigenvalue weighted by Gasteiger charge is 2.33. The predicted octanol–water partition coefficient (Wildman–Crippen LogP) is 1.45. The molecular formula is C15H18N4O. The molecule has 0 aliphatic carbocycles.